The van der Waals surface area contributed by atoms with Crippen LogP contribution in [0.5, 0.6) is 0 Å². The summed E-state index contributed by atoms with van der Waals surface area (Å²) in [7, 11) is 0. The van der Waals surface area contributed by atoms with Gasteiger partial charge in [0.2, 0.25) is 0 Å². The van der Waals surface area contributed by atoms with Gasteiger partial charge in [0.1, 0.15) is 4.88 Å². The molecule has 90 valence electrons. The molecule has 0 spiro atoms. The monoisotopic (exact) mass is 305 g/mol. The highest BCUT2D eigenvalue weighted by Gasteiger charge is 2.17. The number of aromatic nitrogens is 1. The third-order valence-electron chi connectivity index (χ3n) is 2.15. The van der Waals surface area contributed by atoms with E-state index >= 15 is 0 Å². The zero-order chi connectivity index (χ0) is 12.0. The van der Waals surface area contributed by atoms with Crippen LogP contribution in [-0.4, -0.2) is 17.6 Å². The minimum atomic E-state index is -0.253. The van der Waals surface area contributed by atoms with Crippen molar-refractivity contribution in [2.75, 3.05) is 6.61 Å². The Morgan fingerprint density at radius 3 is 2.81 bits per heavy atom. The summed E-state index contributed by atoms with van der Waals surface area (Å²) in [4.78, 5) is 16.6. The van der Waals surface area contributed by atoms with Crippen molar-refractivity contribution >= 4 is 33.2 Å². The number of hydrogen-bond acceptors (Lipinski definition) is 4. The highest BCUT2D eigenvalue weighted by molar-refractivity contribution is 9.11. The molecule has 0 aliphatic heterocycles. The van der Waals surface area contributed by atoms with Crippen molar-refractivity contribution in [2.24, 2.45) is 0 Å². The van der Waals surface area contributed by atoms with E-state index in [0.29, 0.717) is 11.5 Å². The maximum absolute atomic E-state index is 11.6. The Morgan fingerprint density at radius 1 is 1.44 bits per heavy atom. The van der Waals surface area contributed by atoms with Crippen LogP contribution in [-0.2, 0) is 11.2 Å². The number of unbranched alkanes of at least 4 members (excludes halogenated alkanes) is 2. The standard InChI is InChI=1S/C11H16BrNO2S/c1-3-5-6-7-8-9(10(14)15-4-2)16-11(12)13-8/h3-7H2,1-2H3. The fourth-order valence-corrected chi connectivity index (χ4v) is 2.82. The van der Waals surface area contributed by atoms with E-state index in [2.05, 4.69) is 27.8 Å². The van der Waals surface area contributed by atoms with Crippen LogP contribution in [0, 0.1) is 0 Å². The van der Waals surface area contributed by atoms with Crippen molar-refractivity contribution in [2.45, 2.75) is 39.5 Å². The van der Waals surface area contributed by atoms with Gasteiger partial charge in [-0.3, -0.25) is 0 Å². The summed E-state index contributed by atoms with van der Waals surface area (Å²) in [6.07, 6.45) is 4.25. The van der Waals surface area contributed by atoms with Crippen LogP contribution < -0.4 is 0 Å². The molecular formula is C11H16BrNO2S. The number of carbonyl (C=O) groups is 1. The van der Waals surface area contributed by atoms with Gasteiger partial charge in [-0.2, -0.15) is 0 Å². The number of hydrogen-bond donors (Lipinski definition) is 0. The first-order chi connectivity index (χ1) is 7.69. The molecule has 0 aliphatic rings. The van der Waals surface area contributed by atoms with Crippen LogP contribution in [0.15, 0.2) is 3.92 Å². The van der Waals surface area contributed by atoms with Crippen LogP contribution in [0.25, 0.3) is 0 Å². The van der Waals surface area contributed by atoms with Crippen LogP contribution in [0.1, 0.15) is 48.5 Å². The summed E-state index contributed by atoms with van der Waals surface area (Å²) in [6.45, 7) is 4.37. The number of aryl methyl sites for hydroxylation is 1. The van der Waals surface area contributed by atoms with E-state index in [1.807, 2.05) is 6.92 Å². The molecule has 0 bridgehead atoms. The van der Waals surface area contributed by atoms with E-state index in [-0.39, 0.29) is 5.97 Å². The summed E-state index contributed by atoms with van der Waals surface area (Å²) in [6, 6.07) is 0. The van der Waals surface area contributed by atoms with Crippen molar-refractivity contribution in [1.29, 1.82) is 0 Å². The predicted molar refractivity (Wildman–Crippen MR) is 69.0 cm³/mol. The molecule has 16 heavy (non-hydrogen) atoms. The lowest BCUT2D eigenvalue weighted by atomic mass is 10.1. The SMILES string of the molecule is CCCCCc1nc(Br)sc1C(=O)OCC. The summed E-state index contributed by atoms with van der Waals surface area (Å²) < 4.78 is 5.75. The zero-order valence-electron chi connectivity index (χ0n) is 9.59. The summed E-state index contributed by atoms with van der Waals surface area (Å²) in [5.41, 5.74) is 0.865. The second-order valence-electron chi connectivity index (χ2n) is 3.42. The van der Waals surface area contributed by atoms with E-state index in [9.17, 15) is 4.79 Å². The lowest BCUT2D eigenvalue weighted by molar-refractivity contribution is 0.0530. The topological polar surface area (TPSA) is 39.2 Å². The Balaban J connectivity index is 2.70. The molecular weight excluding hydrogens is 290 g/mol. The molecule has 1 aromatic heterocycles. The number of rotatable bonds is 6. The fourth-order valence-electron chi connectivity index (χ4n) is 1.39. The quantitative estimate of drug-likeness (QED) is 0.592. The summed E-state index contributed by atoms with van der Waals surface area (Å²) in [5.74, 6) is -0.253. The van der Waals surface area contributed by atoms with Crippen molar-refractivity contribution in [3.05, 3.63) is 14.5 Å². The molecule has 1 rings (SSSR count). The average Bonchev–Trinajstić information content (AvgIpc) is 2.61. The van der Waals surface area contributed by atoms with Gasteiger partial charge in [-0.1, -0.05) is 31.1 Å². The maximum Gasteiger partial charge on any atom is 0.350 e. The molecule has 0 fully saturated rings. The second kappa shape index (κ2) is 7.01. The third-order valence-corrected chi connectivity index (χ3v) is 3.68. The number of nitrogens with zero attached hydrogens (tertiary/aromatic N) is 1. The lowest BCUT2D eigenvalue weighted by Crippen LogP contribution is -2.05. The van der Waals surface area contributed by atoms with Gasteiger partial charge in [0, 0.05) is 0 Å². The predicted octanol–water partition coefficient (Wildman–Crippen LogP) is 3.82. The molecule has 0 atom stereocenters. The minimum absolute atomic E-state index is 0.253. The van der Waals surface area contributed by atoms with E-state index < -0.39 is 0 Å². The first-order valence-corrected chi connectivity index (χ1v) is 7.12. The average molecular weight is 306 g/mol. The minimum Gasteiger partial charge on any atom is -0.462 e. The Hall–Kier alpha value is -0.420. The zero-order valence-corrected chi connectivity index (χ0v) is 12.0. The Bertz CT molecular complexity index is 352. The molecule has 0 saturated heterocycles. The van der Waals surface area contributed by atoms with Crippen molar-refractivity contribution in [1.82, 2.24) is 4.98 Å². The fraction of sp³-hybridized carbons (Fsp3) is 0.636. The van der Waals surface area contributed by atoms with Gasteiger partial charge in [-0.25, -0.2) is 9.78 Å². The number of thiazole rings is 1. The maximum atomic E-state index is 11.6. The van der Waals surface area contributed by atoms with E-state index in [4.69, 9.17) is 4.74 Å². The Labute approximate surface area is 108 Å². The van der Waals surface area contributed by atoms with Gasteiger partial charge in [0.25, 0.3) is 0 Å². The molecule has 0 N–H and O–H groups in total. The van der Waals surface area contributed by atoms with Gasteiger partial charge in [-0.15, -0.1) is 0 Å². The molecule has 0 saturated carbocycles. The number of ether oxygens (including phenoxy) is 1. The normalized spacial score (nSPS) is 10.4. The molecule has 0 amide bonds. The van der Waals surface area contributed by atoms with Gasteiger partial charge in [0.15, 0.2) is 3.92 Å². The van der Waals surface area contributed by atoms with E-state index in [1.165, 1.54) is 17.8 Å². The summed E-state index contributed by atoms with van der Waals surface area (Å²) in [5, 5.41) is 0. The van der Waals surface area contributed by atoms with Crippen LogP contribution in [0.2, 0.25) is 0 Å². The number of halogens is 1. The van der Waals surface area contributed by atoms with Gasteiger partial charge in [-0.05, 0) is 35.7 Å². The Morgan fingerprint density at radius 2 is 2.19 bits per heavy atom. The van der Waals surface area contributed by atoms with Crippen LogP contribution in [0.4, 0.5) is 0 Å². The first kappa shape index (κ1) is 13.6. The van der Waals surface area contributed by atoms with E-state index in [1.54, 1.807) is 0 Å². The molecule has 3 nitrogen and oxygen atoms in total. The third kappa shape index (κ3) is 3.87. The van der Waals surface area contributed by atoms with E-state index in [0.717, 1.165) is 28.9 Å². The van der Waals surface area contributed by atoms with Gasteiger partial charge < -0.3 is 4.74 Å². The highest BCUT2D eigenvalue weighted by Crippen LogP contribution is 2.25. The lowest BCUT2D eigenvalue weighted by Gasteiger charge is -2.01. The van der Waals surface area contributed by atoms with Crippen LogP contribution in [0.3, 0.4) is 0 Å². The van der Waals surface area contributed by atoms with Gasteiger partial charge in [0.05, 0.1) is 12.3 Å². The second-order valence-corrected chi connectivity index (χ2v) is 5.70. The number of esters is 1. The molecule has 0 unspecified atom stereocenters. The molecule has 5 heteroatoms. The smallest absolute Gasteiger partial charge is 0.350 e. The molecule has 1 aromatic rings. The Kier molecular flexibility index (Phi) is 5.98. The van der Waals surface area contributed by atoms with Gasteiger partial charge >= 0.3 is 5.97 Å². The van der Waals surface area contributed by atoms with Crippen molar-refractivity contribution in [3.8, 4) is 0 Å². The largest absolute Gasteiger partial charge is 0.462 e. The van der Waals surface area contributed by atoms with Crippen LogP contribution >= 0.6 is 27.3 Å². The summed E-state index contributed by atoms with van der Waals surface area (Å²) >= 11 is 4.66. The molecule has 1 heterocycles. The van der Waals surface area contributed by atoms with Crippen molar-refractivity contribution in [3.63, 3.8) is 0 Å². The van der Waals surface area contributed by atoms with Crippen molar-refractivity contribution < 1.29 is 9.53 Å². The number of carbonyl (C=O) groups excluding carboxylic acids is 1. The molecule has 0 aromatic carbocycles. The molecule has 0 radical (unpaired) electrons. The highest BCUT2D eigenvalue weighted by atomic mass is 79.9. The molecule has 0 aliphatic carbocycles. The first-order valence-electron chi connectivity index (χ1n) is 5.51.